The monoisotopic (exact) mass is 259 g/mol. The van der Waals surface area contributed by atoms with Crippen LogP contribution in [0.4, 0.5) is 11.4 Å². The number of anilines is 2. The second-order valence-electron chi connectivity index (χ2n) is 3.51. The summed E-state index contributed by atoms with van der Waals surface area (Å²) in [5, 5.41) is 0. The second kappa shape index (κ2) is 5.05. The summed E-state index contributed by atoms with van der Waals surface area (Å²) in [6.45, 7) is 0. The fourth-order valence-electron chi connectivity index (χ4n) is 1.47. The summed E-state index contributed by atoms with van der Waals surface area (Å²) in [6, 6.07) is 5.68. The van der Waals surface area contributed by atoms with Crippen molar-refractivity contribution in [2.24, 2.45) is 0 Å². The van der Waals surface area contributed by atoms with E-state index in [1.807, 2.05) is 37.2 Å². The summed E-state index contributed by atoms with van der Waals surface area (Å²) in [5.41, 5.74) is 8.39. The first-order valence-electron chi connectivity index (χ1n) is 4.65. The third kappa shape index (κ3) is 2.37. The van der Waals surface area contributed by atoms with Gasteiger partial charge >= 0.3 is 0 Å². The van der Waals surface area contributed by atoms with E-state index in [-0.39, 0.29) is 17.1 Å². The number of aromatic nitrogens is 1. The molecule has 86 valence electrons. The molecule has 0 aliphatic heterocycles. The zero-order valence-corrected chi connectivity index (χ0v) is 10.2. The van der Waals surface area contributed by atoms with Crippen molar-refractivity contribution in [3.8, 4) is 11.5 Å². The molecule has 0 bridgehead atoms. The average molecular weight is 259 g/mol. The van der Waals surface area contributed by atoms with Gasteiger partial charge < -0.3 is 15.1 Å². The molecule has 16 heavy (non-hydrogen) atoms. The smallest absolute Gasteiger partial charge is 0.228 e. The van der Waals surface area contributed by atoms with Crippen molar-refractivity contribution >= 4 is 11.4 Å². The second-order valence-corrected chi connectivity index (χ2v) is 3.51. The Hall–Kier alpha value is -1.45. The Labute approximate surface area is 105 Å². The molecule has 2 N–H and O–H groups in total. The number of hydrogen-bond donors (Lipinski definition) is 1. The quantitative estimate of drug-likeness (QED) is 0.661. The molecule has 2 rings (SSSR count). The van der Waals surface area contributed by atoms with Gasteiger partial charge in [0.2, 0.25) is 5.89 Å². The molecule has 0 aliphatic carbocycles. The average Bonchev–Trinajstić information content (AvgIpc) is 2.69. The van der Waals surface area contributed by atoms with E-state index in [0.29, 0.717) is 11.6 Å². The van der Waals surface area contributed by atoms with Crippen molar-refractivity contribution in [1.29, 1.82) is 0 Å². The Morgan fingerprint density at radius 2 is 2.06 bits per heavy atom. The summed E-state index contributed by atoms with van der Waals surface area (Å²) < 4.78 is 5.27. The molecular weight excluding hydrogens is 246 g/mol. The Kier molecular flexibility index (Phi) is 3.99. The molecule has 0 saturated carbocycles. The Morgan fingerprint density at radius 3 is 2.62 bits per heavy atom. The van der Waals surface area contributed by atoms with Crippen LogP contribution in [0, 0.1) is 0 Å². The van der Waals surface area contributed by atoms with Crippen LogP contribution in [0.5, 0.6) is 0 Å². The van der Waals surface area contributed by atoms with Crippen LogP contribution in [-0.2, 0) is 17.1 Å². The van der Waals surface area contributed by atoms with Crippen molar-refractivity contribution in [3.63, 3.8) is 0 Å². The number of rotatable bonds is 2. The van der Waals surface area contributed by atoms with Gasteiger partial charge in [0, 0.05) is 42.5 Å². The maximum absolute atomic E-state index is 5.75. The first kappa shape index (κ1) is 12.6. The summed E-state index contributed by atoms with van der Waals surface area (Å²) >= 11 is 0. The van der Waals surface area contributed by atoms with Gasteiger partial charge in [-0.2, -0.15) is 0 Å². The Morgan fingerprint density at radius 1 is 1.31 bits per heavy atom. The molecule has 2 aromatic rings. The minimum atomic E-state index is 0. The van der Waals surface area contributed by atoms with Crippen LogP contribution in [0.1, 0.15) is 0 Å². The number of hydrogen-bond acceptors (Lipinski definition) is 4. The summed E-state index contributed by atoms with van der Waals surface area (Å²) in [4.78, 5) is 6.12. The van der Waals surface area contributed by atoms with Crippen molar-refractivity contribution in [2.45, 2.75) is 0 Å². The van der Waals surface area contributed by atoms with E-state index in [9.17, 15) is 0 Å². The molecule has 4 nitrogen and oxygen atoms in total. The minimum absolute atomic E-state index is 0. The van der Waals surface area contributed by atoms with Crippen molar-refractivity contribution in [1.82, 2.24) is 4.98 Å². The standard InChI is InChI=1S/C11H13N3O.Fe/c1-14(2)10-4-3-8(12)7-9(10)11-13-5-6-15-11;/h3-7H,12H2,1-2H3;. The fourth-order valence-corrected chi connectivity index (χ4v) is 1.47. The Balaban J connectivity index is 0.00000128. The number of nitrogens with two attached hydrogens (primary N) is 1. The van der Waals surface area contributed by atoms with Crippen LogP contribution in [-0.4, -0.2) is 19.1 Å². The number of nitrogen functional groups attached to an aromatic ring is 1. The molecule has 0 radical (unpaired) electrons. The molecular formula is C11H13FeN3O. The zero-order chi connectivity index (χ0) is 10.8. The fraction of sp³-hybridized carbons (Fsp3) is 0.182. The van der Waals surface area contributed by atoms with Crippen LogP contribution in [0.3, 0.4) is 0 Å². The van der Waals surface area contributed by atoms with Crippen LogP contribution in [0.15, 0.2) is 35.1 Å². The molecule has 0 atom stereocenters. The van der Waals surface area contributed by atoms with E-state index in [1.54, 1.807) is 12.5 Å². The van der Waals surface area contributed by atoms with Crippen molar-refractivity contribution in [2.75, 3.05) is 24.7 Å². The summed E-state index contributed by atoms with van der Waals surface area (Å²) in [5.74, 6) is 0.589. The summed E-state index contributed by atoms with van der Waals surface area (Å²) in [6.07, 6.45) is 3.18. The van der Waals surface area contributed by atoms with E-state index >= 15 is 0 Å². The van der Waals surface area contributed by atoms with Gasteiger partial charge in [0.15, 0.2) is 0 Å². The summed E-state index contributed by atoms with van der Waals surface area (Å²) in [7, 11) is 3.94. The van der Waals surface area contributed by atoms with E-state index in [4.69, 9.17) is 10.2 Å². The van der Waals surface area contributed by atoms with Gasteiger partial charge in [-0.25, -0.2) is 4.98 Å². The van der Waals surface area contributed by atoms with Gasteiger partial charge in [-0.15, -0.1) is 0 Å². The van der Waals surface area contributed by atoms with Crippen LogP contribution in [0.2, 0.25) is 0 Å². The van der Waals surface area contributed by atoms with E-state index in [2.05, 4.69) is 4.98 Å². The molecule has 5 heteroatoms. The first-order valence-corrected chi connectivity index (χ1v) is 4.65. The number of nitrogens with zero attached hydrogens (tertiary/aromatic N) is 2. The predicted molar refractivity (Wildman–Crippen MR) is 60.7 cm³/mol. The largest absolute Gasteiger partial charge is 0.444 e. The van der Waals surface area contributed by atoms with E-state index < -0.39 is 0 Å². The van der Waals surface area contributed by atoms with Gasteiger partial charge in [-0.05, 0) is 18.2 Å². The maximum Gasteiger partial charge on any atom is 0.228 e. The molecule has 0 saturated heterocycles. The van der Waals surface area contributed by atoms with Gasteiger partial charge in [0.05, 0.1) is 11.8 Å². The van der Waals surface area contributed by atoms with Gasteiger partial charge in [-0.1, -0.05) is 0 Å². The molecule has 0 fully saturated rings. The van der Waals surface area contributed by atoms with Gasteiger partial charge in [0.1, 0.15) is 6.26 Å². The molecule has 0 aliphatic rings. The molecule has 1 heterocycles. The van der Waals surface area contributed by atoms with E-state index in [1.165, 1.54) is 0 Å². The topological polar surface area (TPSA) is 55.3 Å². The SMILES string of the molecule is CN(C)c1ccc(N)cc1-c1ncco1.[Fe]. The number of benzene rings is 1. The van der Waals surface area contributed by atoms with Gasteiger partial charge in [0.25, 0.3) is 0 Å². The minimum Gasteiger partial charge on any atom is -0.444 e. The third-order valence-electron chi connectivity index (χ3n) is 2.17. The van der Waals surface area contributed by atoms with Crippen LogP contribution < -0.4 is 10.6 Å². The zero-order valence-electron chi connectivity index (χ0n) is 9.12. The normalized spacial score (nSPS) is 9.62. The van der Waals surface area contributed by atoms with Crippen molar-refractivity contribution in [3.05, 3.63) is 30.7 Å². The molecule has 1 aromatic heterocycles. The van der Waals surface area contributed by atoms with Crippen LogP contribution >= 0.6 is 0 Å². The maximum atomic E-state index is 5.75. The molecule has 0 amide bonds. The molecule has 0 unspecified atom stereocenters. The molecule has 1 aromatic carbocycles. The predicted octanol–water partition coefficient (Wildman–Crippen LogP) is 1.99. The number of oxazole rings is 1. The molecule has 0 spiro atoms. The first-order chi connectivity index (χ1) is 7.18. The van der Waals surface area contributed by atoms with Gasteiger partial charge in [-0.3, -0.25) is 0 Å². The van der Waals surface area contributed by atoms with Crippen LogP contribution in [0.25, 0.3) is 11.5 Å². The van der Waals surface area contributed by atoms with Crippen molar-refractivity contribution < 1.29 is 21.5 Å². The van der Waals surface area contributed by atoms with E-state index in [0.717, 1.165) is 11.3 Å². The third-order valence-corrected chi connectivity index (χ3v) is 2.17. The Bertz CT molecular complexity index is 454.